The Bertz CT molecular complexity index is 331. The van der Waals surface area contributed by atoms with Gasteiger partial charge in [-0.25, -0.2) is 4.79 Å². The molecule has 0 spiro atoms. The normalized spacial score (nSPS) is 10.9. The van der Waals surface area contributed by atoms with Crippen molar-refractivity contribution in [1.29, 1.82) is 0 Å². The maximum absolute atomic E-state index is 10.7. The maximum atomic E-state index is 10.7. The van der Waals surface area contributed by atoms with E-state index in [1.54, 1.807) is 6.92 Å². The fourth-order valence-electron chi connectivity index (χ4n) is 1.34. The summed E-state index contributed by atoms with van der Waals surface area (Å²) in [5.74, 6) is -0.895. The first kappa shape index (κ1) is 10.8. The van der Waals surface area contributed by atoms with Gasteiger partial charge in [0, 0.05) is 12.2 Å². The number of carboxylic acids is 1. The molecule has 1 heterocycles. The van der Waals surface area contributed by atoms with Crippen LogP contribution in [0.3, 0.4) is 0 Å². The summed E-state index contributed by atoms with van der Waals surface area (Å²) in [6.07, 6.45) is 0. The third-order valence-corrected chi connectivity index (χ3v) is 2.26. The van der Waals surface area contributed by atoms with Crippen molar-refractivity contribution in [3.8, 4) is 0 Å². The number of aryl methyl sites for hydroxylation is 1. The Hall–Kier alpha value is -1.29. The average molecular weight is 196 g/mol. The zero-order chi connectivity index (χ0) is 10.7. The van der Waals surface area contributed by atoms with Gasteiger partial charge in [0.1, 0.15) is 5.69 Å². The molecule has 78 valence electrons. The smallest absolute Gasteiger partial charge is 0.352 e. The van der Waals surface area contributed by atoms with E-state index in [0.29, 0.717) is 5.69 Å². The average Bonchev–Trinajstić information content (AvgIpc) is 2.46. The summed E-state index contributed by atoms with van der Waals surface area (Å²) in [6, 6.07) is 1.88. The van der Waals surface area contributed by atoms with E-state index in [4.69, 9.17) is 5.11 Å². The molecule has 1 aromatic heterocycles. The summed E-state index contributed by atoms with van der Waals surface area (Å²) in [5.41, 5.74) is 2.03. The van der Waals surface area contributed by atoms with E-state index in [1.165, 1.54) is 0 Å². The topological polar surface area (TPSA) is 56.3 Å². The molecular formula is C10H16N2O2. The highest BCUT2D eigenvalue weighted by Gasteiger charge is 2.11. The fourth-order valence-corrected chi connectivity index (χ4v) is 1.34. The molecular weight excluding hydrogens is 180 g/mol. The highest BCUT2D eigenvalue weighted by atomic mass is 16.4. The molecule has 14 heavy (non-hydrogen) atoms. The number of H-pyrrole nitrogens is 1. The minimum Gasteiger partial charge on any atom is -0.477 e. The van der Waals surface area contributed by atoms with Crippen LogP contribution in [0.2, 0.25) is 0 Å². The summed E-state index contributed by atoms with van der Waals surface area (Å²) in [6.45, 7) is 5.56. The van der Waals surface area contributed by atoms with E-state index >= 15 is 0 Å². The van der Waals surface area contributed by atoms with E-state index in [-0.39, 0.29) is 0 Å². The van der Waals surface area contributed by atoms with Crippen molar-refractivity contribution in [1.82, 2.24) is 9.88 Å². The first-order valence-electron chi connectivity index (χ1n) is 4.65. The van der Waals surface area contributed by atoms with Gasteiger partial charge < -0.3 is 15.0 Å². The summed E-state index contributed by atoms with van der Waals surface area (Å²) >= 11 is 0. The van der Waals surface area contributed by atoms with Gasteiger partial charge >= 0.3 is 5.97 Å². The van der Waals surface area contributed by atoms with E-state index in [1.807, 2.05) is 13.1 Å². The summed E-state index contributed by atoms with van der Waals surface area (Å²) in [5, 5.41) is 8.83. The molecule has 0 amide bonds. The van der Waals surface area contributed by atoms with Crippen molar-refractivity contribution in [3.63, 3.8) is 0 Å². The maximum Gasteiger partial charge on any atom is 0.352 e. The molecule has 0 aliphatic carbocycles. The lowest BCUT2D eigenvalue weighted by Gasteiger charge is -2.11. The third-order valence-electron chi connectivity index (χ3n) is 2.26. The Balaban J connectivity index is 2.81. The number of carbonyl (C=O) groups is 1. The molecule has 0 aliphatic heterocycles. The molecule has 1 aromatic rings. The Morgan fingerprint density at radius 1 is 1.64 bits per heavy atom. The van der Waals surface area contributed by atoms with Crippen molar-refractivity contribution in [2.24, 2.45) is 0 Å². The largest absolute Gasteiger partial charge is 0.477 e. The minimum atomic E-state index is -0.895. The number of nitrogens with zero attached hydrogens (tertiary/aromatic N) is 1. The van der Waals surface area contributed by atoms with Gasteiger partial charge in [0.25, 0.3) is 0 Å². The summed E-state index contributed by atoms with van der Waals surface area (Å²) < 4.78 is 0. The van der Waals surface area contributed by atoms with E-state index in [0.717, 1.165) is 24.3 Å². The number of aromatic carboxylic acids is 1. The van der Waals surface area contributed by atoms with Gasteiger partial charge in [-0.05, 0) is 32.1 Å². The Kier molecular flexibility index (Phi) is 3.30. The number of rotatable bonds is 4. The Labute approximate surface area is 83.5 Å². The van der Waals surface area contributed by atoms with Gasteiger partial charge in [-0.15, -0.1) is 0 Å². The van der Waals surface area contributed by atoms with Crippen LogP contribution in [-0.2, 0) is 6.54 Å². The number of carboxylic acid groups (broad SMARTS) is 1. The van der Waals surface area contributed by atoms with E-state index in [2.05, 4.69) is 16.8 Å². The Morgan fingerprint density at radius 3 is 2.71 bits per heavy atom. The van der Waals surface area contributed by atoms with E-state index < -0.39 is 5.97 Å². The van der Waals surface area contributed by atoms with Gasteiger partial charge in [-0.1, -0.05) is 6.92 Å². The monoisotopic (exact) mass is 196 g/mol. The zero-order valence-electron chi connectivity index (χ0n) is 8.79. The molecule has 4 nitrogen and oxygen atoms in total. The van der Waals surface area contributed by atoms with Crippen molar-refractivity contribution < 1.29 is 9.90 Å². The lowest BCUT2D eigenvalue weighted by Crippen LogP contribution is -2.17. The Morgan fingerprint density at radius 2 is 2.29 bits per heavy atom. The predicted octanol–water partition coefficient (Wildman–Crippen LogP) is 1.47. The van der Waals surface area contributed by atoms with Gasteiger partial charge in [0.2, 0.25) is 0 Å². The van der Waals surface area contributed by atoms with E-state index in [9.17, 15) is 4.79 Å². The summed E-state index contributed by atoms with van der Waals surface area (Å²) in [4.78, 5) is 15.8. The van der Waals surface area contributed by atoms with Crippen LogP contribution in [0.15, 0.2) is 6.07 Å². The van der Waals surface area contributed by atoms with Crippen LogP contribution in [-0.4, -0.2) is 34.6 Å². The van der Waals surface area contributed by atoms with Gasteiger partial charge in [-0.3, -0.25) is 0 Å². The van der Waals surface area contributed by atoms with Crippen molar-refractivity contribution in [2.45, 2.75) is 20.4 Å². The molecule has 0 bridgehead atoms. The molecule has 0 aliphatic rings. The van der Waals surface area contributed by atoms with Crippen LogP contribution in [0.5, 0.6) is 0 Å². The number of hydrogen-bond donors (Lipinski definition) is 2. The quantitative estimate of drug-likeness (QED) is 0.766. The summed E-state index contributed by atoms with van der Waals surface area (Å²) in [7, 11) is 2.00. The van der Waals surface area contributed by atoms with Crippen LogP contribution in [0.25, 0.3) is 0 Å². The number of aromatic nitrogens is 1. The molecule has 0 radical (unpaired) electrons. The van der Waals surface area contributed by atoms with Gasteiger partial charge in [-0.2, -0.15) is 0 Å². The third kappa shape index (κ3) is 2.35. The van der Waals surface area contributed by atoms with Crippen LogP contribution < -0.4 is 0 Å². The highest BCUT2D eigenvalue weighted by Crippen LogP contribution is 2.11. The molecule has 0 unspecified atom stereocenters. The second-order valence-electron chi connectivity index (χ2n) is 3.49. The van der Waals surface area contributed by atoms with Crippen LogP contribution in [0.1, 0.15) is 28.7 Å². The molecule has 2 N–H and O–H groups in total. The predicted molar refractivity (Wildman–Crippen MR) is 54.5 cm³/mol. The number of nitrogens with one attached hydrogen (secondary N) is 1. The lowest BCUT2D eigenvalue weighted by molar-refractivity contribution is 0.0690. The van der Waals surface area contributed by atoms with Crippen LogP contribution in [0, 0.1) is 6.92 Å². The zero-order valence-corrected chi connectivity index (χ0v) is 8.79. The van der Waals surface area contributed by atoms with Crippen molar-refractivity contribution >= 4 is 5.97 Å². The molecule has 0 aromatic carbocycles. The highest BCUT2D eigenvalue weighted by molar-refractivity contribution is 5.87. The molecule has 0 saturated heterocycles. The van der Waals surface area contributed by atoms with Crippen molar-refractivity contribution in [2.75, 3.05) is 13.6 Å². The molecule has 0 atom stereocenters. The number of hydrogen-bond acceptors (Lipinski definition) is 2. The van der Waals surface area contributed by atoms with Crippen LogP contribution >= 0.6 is 0 Å². The molecule has 0 saturated carbocycles. The minimum absolute atomic E-state index is 0.296. The van der Waals surface area contributed by atoms with Crippen LogP contribution in [0.4, 0.5) is 0 Å². The SMILES string of the molecule is CCN(C)Cc1cc(C)c(C(=O)O)[nH]1. The standard InChI is InChI=1S/C10H16N2O2/c1-4-12(3)6-8-5-7(2)9(11-8)10(13)14/h5,11H,4,6H2,1-3H3,(H,13,14). The number of aromatic amines is 1. The van der Waals surface area contributed by atoms with Gasteiger partial charge in [0.15, 0.2) is 0 Å². The van der Waals surface area contributed by atoms with Gasteiger partial charge in [0.05, 0.1) is 0 Å². The first-order valence-corrected chi connectivity index (χ1v) is 4.65. The fraction of sp³-hybridized carbons (Fsp3) is 0.500. The lowest BCUT2D eigenvalue weighted by atomic mass is 10.2. The molecule has 1 rings (SSSR count). The second-order valence-corrected chi connectivity index (χ2v) is 3.49. The second kappa shape index (κ2) is 4.28. The molecule has 4 heteroatoms. The van der Waals surface area contributed by atoms with Crippen molar-refractivity contribution in [3.05, 3.63) is 23.0 Å². The molecule has 0 fully saturated rings. The first-order chi connectivity index (χ1) is 6.54.